The second-order valence-electron chi connectivity index (χ2n) is 3.50. The van der Waals surface area contributed by atoms with E-state index in [4.69, 9.17) is 0 Å². The number of hydrogen-bond donors (Lipinski definition) is 0. The zero-order chi connectivity index (χ0) is 8.65. The van der Waals surface area contributed by atoms with Gasteiger partial charge in [-0.25, -0.2) is 0 Å². The molecule has 0 fully saturated rings. The third kappa shape index (κ3) is 4.32. The summed E-state index contributed by atoms with van der Waals surface area (Å²) in [6.07, 6.45) is 13.0. The van der Waals surface area contributed by atoms with Crippen LogP contribution in [0.2, 0.25) is 0 Å². The van der Waals surface area contributed by atoms with Gasteiger partial charge in [-0.3, -0.25) is 4.79 Å². The number of hydrogen-bond acceptors (Lipinski definition) is 1. The first-order valence-electron chi connectivity index (χ1n) is 5.06. The topological polar surface area (TPSA) is 17.1 Å². The van der Waals surface area contributed by atoms with Gasteiger partial charge < -0.3 is 0 Å². The highest BCUT2D eigenvalue weighted by molar-refractivity contribution is 5.78. The van der Waals surface area contributed by atoms with Crippen molar-refractivity contribution >= 4 is 5.78 Å². The first kappa shape index (κ1) is 9.50. The van der Waals surface area contributed by atoms with E-state index in [-0.39, 0.29) is 0 Å². The molecule has 0 aromatic heterocycles. The predicted molar refractivity (Wildman–Crippen MR) is 51.1 cm³/mol. The quantitative estimate of drug-likeness (QED) is 0.505. The van der Waals surface area contributed by atoms with Crippen molar-refractivity contribution in [3.05, 3.63) is 12.2 Å². The van der Waals surface area contributed by atoms with E-state index in [1.165, 1.54) is 19.3 Å². The Balaban J connectivity index is 2.26. The van der Waals surface area contributed by atoms with E-state index >= 15 is 0 Å². The maximum absolute atomic E-state index is 11.2. The molecule has 0 atom stereocenters. The van der Waals surface area contributed by atoms with Gasteiger partial charge in [-0.15, -0.1) is 0 Å². The molecule has 12 heavy (non-hydrogen) atoms. The molecule has 0 saturated heterocycles. The van der Waals surface area contributed by atoms with Crippen LogP contribution in [0.5, 0.6) is 0 Å². The highest BCUT2D eigenvalue weighted by Gasteiger charge is 2.01. The van der Waals surface area contributed by atoms with Crippen molar-refractivity contribution in [1.82, 2.24) is 0 Å². The SMILES string of the molecule is O=C1CCC/C=C\CCCCC1. The van der Waals surface area contributed by atoms with Gasteiger partial charge in [0, 0.05) is 12.8 Å². The molecule has 0 bridgehead atoms. The van der Waals surface area contributed by atoms with Gasteiger partial charge in [-0.1, -0.05) is 18.6 Å². The van der Waals surface area contributed by atoms with Crippen LogP contribution in [0.25, 0.3) is 0 Å². The molecule has 0 spiro atoms. The molecule has 0 radical (unpaired) electrons. The van der Waals surface area contributed by atoms with Crippen LogP contribution >= 0.6 is 0 Å². The predicted octanol–water partition coefficient (Wildman–Crippen LogP) is 3.25. The van der Waals surface area contributed by atoms with E-state index in [9.17, 15) is 4.79 Å². The summed E-state index contributed by atoms with van der Waals surface area (Å²) in [4.78, 5) is 11.2. The van der Waals surface area contributed by atoms with Gasteiger partial charge in [0.15, 0.2) is 0 Å². The lowest BCUT2D eigenvalue weighted by Crippen LogP contribution is -1.96. The number of rotatable bonds is 0. The lowest BCUT2D eigenvalue weighted by molar-refractivity contribution is -0.119. The minimum absolute atomic E-state index is 0.463. The number of ketones is 1. The van der Waals surface area contributed by atoms with E-state index in [1.807, 2.05) is 0 Å². The molecule has 0 unspecified atom stereocenters. The Morgan fingerprint density at radius 2 is 1.50 bits per heavy atom. The lowest BCUT2D eigenvalue weighted by atomic mass is 10.1. The van der Waals surface area contributed by atoms with E-state index in [0.29, 0.717) is 5.78 Å². The van der Waals surface area contributed by atoms with Gasteiger partial charge in [0.1, 0.15) is 5.78 Å². The van der Waals surface area contributed by atoms with Crippen LogP contribution in [-0.4, -0.2) is 5.78 Å². The molecule has 0 aromatic carbocycles. The molecule has 1 nitrogen and oxygen atoms in total. The van der Waals surface area contributed by atoms with Crippen LogP contribution in [0, 0.1) is 0 Å². The summed E-state index contributed by atoms with van der Waals surface area (Å²) in [6.45, 7) is 0. The number of Topliss-reactive ketones (excluding diaryl/α,β-unsaturated/α-hetero) is 1. The van der Waals surface area contributed by atoms with Crippen LogP contribution in [0.4, 0.5) is 0 Å². The Labute approximate surface area is 74.9 Å². The lowest BCUT2D eigenvalue weighted by Gasteiger charge is -1.97. The number of carbonyl (C=O) groups excluding carboxylic acids is 1. The zero-order valence-electron chi connectivity index (χ0n) is 7.72. The van der Waals surface area contributed by atoms with Crippen molar-refractivity contribution in [3.8, 4) is 0 Å². The summed E-state index contributed by atoms with van der Waals surface area (Å²) >= 11 is 0. The molecule has 0 heterocycles. The van der Waals surface area contributed by atoms with Gasteiger partial charge in [0.2, 0.25) is 0 Å². The van der Waals surface area contributed by atoms with Crippen LogP contribution in [-0.2, 0) is 4.79 Å². The van der Waals surface area contributed by atoms with E-state index in [2.05, 4.69) is 12.2 Å². The Kier molecular flexibility index (Phi) is 4.74. The smallest absolute Gasteiger partial charge is 0.132 e. The molecular formula is C11H18O. The summed E-state index contributed by atoms with van der Waals surface area (Å²) < 4.78 is 0. The first-order valence-corrected chi connectivity index (χ1v) is 5.06. The molecule has 0 saturated carbocycles. The van der Waals surface area contributed by atoms with Crippen molar-refractivity contribution in [3.63, 3.8) is 0 Å². The van der Waals surface area contributed by atoms with Crippen LogP contribution in [0.15, 0.2) is 12.2 Å². The second kappa shape index (κ2) is 5.99. The fourth-order valence-electron chi connectivity index (χ4n) is 1.54. The van der Waals surface area contributed by atoms with E-state index < -0.39 is 0 Å². The van der Waals surface area contributed by atoms with Gasteiger partial charge >= 0.3 is 0 Å². The molecule has 1 aliphatic carbocycles. The van der Waals surface area contributed by atoms with E-state index in [0.717, 1.165) is 32.1 Å². The maximum Gasteiger partial charge on any atom is 0.132 e. The summed E-state index contributed by atoms with van der Waals surface area (Å²) in [7, 11) is 0. The van der Waals surface area contributed by atoms with Crippen molar-refractivity contribution in [1.29, 1.82) is 0 Å². The van der Waals surface area contributed by atoms with Gasteiger partial charge in [-0.05, 0) is 32.1 Å². The van der Waals surface area contributed by atoms with Crippen LogP contribution in [0.3, 0.4) is 0 Å². The Hall–Kier alpha value is -0.590. The molecule has 0 N–H and O–H groups in total. The molecule has 68 valence electrons. The number of allylic oxidation sites excluding steroid dienone is 2. The van der Waals surface area contributed by atoms with Crippen molar-refractivity contribution < 1.29 is 4.79 Å². The average Bonchev–Trinajstić information content (AvgIpc) is 2.11. The molecule has 0 aromatic rings. The maximum atomic E-state index is 11.2. The van der Waals surface area contributed by atoms with Crippen molar-refractivity contribution in [2.24, 2.45) is 0 Å². The monoisotopic (exact) mass is 166 g/mol. The third-order valence-corrected chi connectivity index (χ3v) is 2.32. The van der Waals surface area contributed by atoms with Gasteiger partial charge in [0.05, 0.1) is 0 Å². The normalized spacial score (nSPS) is 24.5. The minimum atomic E-state index is 0.463. The average molecular weight is 166 g/mol. The van der Waals surface area contributed by atoms with Crippen molar-refractivity contribution in [2.75, 3.05) is 0 Å². The third-order valence-electron chi connectivity index (χ3n) is 2.32. The van der Waals surface area contributed by atoms with Gasteiger partial charge in [0.25, 0.3) is 0 Å². The standard InChI is InChI=1S/C11H18O/c12-11-9-7-5-3-1-2-4-6-8-10-11/h1,3H,2,4-10H2/b3-1-. The summed E-state index contributed by atoms with van der Waals surface area (Å²) in [5.41, 5.74) is 0. The fraction of sp³-hybridized carbons (Fsp3) is 0.727. The summed E-state index contributed by atoms with van der Waals surface area (Å²) in [6, 6.07) is 0. The van der Waals surface area contributed by atoms with Gasteiger partial charge in [-0.2, -0.15) is 0 Å². The Morgan fingerprint density at radius 3 is 2.33 bits per heavy atom. The Bertz CT molecular complexity index is 158. The molecular weight excluding hydrogens is 148 g/mol. The van der Waals surface area contributed by atoms with Crippen molar-refractivity contribution in [2.45, 2.75) is 51.4 Å². The highest BCUT2D eigenvalue weighted by Crippen LogP contribution is 2.10. The number of carbonyl (C=O) groups is 1. The summed E-state index contributed by atoms with van der Waals surface area (Å²) in [5, 5.41) is 0. The summed E-state index contributed by atoms with van der Waals surface area (Å²) in [5.74, 6) is 0.463. The molecule has 1 aliphatic rings. The highest BCUT2D eigenvalue weighted by atomic mass is 16.1. The second-order valence-corrected chi connectivity index (χ2v) is 3.50. The molecule has 1 rings (SSSR count). The fourth-order valence-corrected chi connectivity index (χ4v) is 1.54. The van der Waals surface area contributed by atoms with Crippen LogP contribution in [0.1, 0.15) is 51.4 Å². The van der Waals surface area contributed by atoms with E-state index in [1.54, 1.807) is 0 Å². The van der Waals surface area contributed by atoms with Crippen LogP contribution < -0.4 is 0 Å². The first-order chi connectivity index (χ1) is 5.89. The molecule has 1 heteroatoms. The Morgan fingerprint density at radius 1 is 0.833 bits per heavy atom. The molecule has 0 amide bonds. The largest absolute Gasteiger partial charge is 0.300 e. The zero-order valence-corrected chi connectivity index (χ0v) is 7.72. The minimum Gasteiger partial charge on any atom is -0.300 e. The molecule has 0 aliphatic heterocycles.